The van der Waals surface area contributed by atoms with Crippen molar-refractivity contribution < 1.29 is 23.8 Å². The fourth-order valence-electron chi connectivity index (χ4n) is 2.24. The lowest BCUT2D eigenvalue weighted by Crippen LogP contribution is -2.23. The number of amides is 1. The number of benzene rings is 2. The normalized spacial score (nSPS) is 10.3. The molecule has 2 rings (SSSR count). The van der Waals surface area contributed by atoms with Gasteiger partial charge in [0, 0.05) is 11.3 Å². The summed E-state index contributed by atoms with van der Waals surface area (Å²) in [5.74, 6) is 0.650. The third kappa shape index (κ3) is 4.73. The summed E-state index contributed by atoms with van der Waals surface area (Å²) in [4.78, 5) is 22.5. The molecule has 6 nitrogen and oxygen atoms in total. The molecule has 2 aromatic carbocycles. The van der Waals surface area contributed by atoms with Gasteiger partial charge in [-0.3, -0.25) is 4.79 Å². The predicted octanol–water partition coefficient (Wildman–Crippen LogP) is 3.72. The van der Waals surface area contributed by atoms with Gasteiger partial charge in [0.15, 0.2) is 0 Å². The van der Waals surface area contributed by atoms with Gasteiger partial charge < -0.3 is 19.5 Å². The number of nitrogens with one attached hydrogen (secondary N) is 1. The first kappa shape index (κ1) is 18.3. The van der Waals surface area contributed by atoms with E-state index in [1.54, 1.807) is 31.4 Å². The average molecular weight is 343 g/mol. The fourth-order valence-corrected chi connectivity index (χ4v) is 2.24. The first-order chi connectivity index (χ1) is 11.9. The Labute approximate surface area is 146 Å². The quantitative estimate of drug-likeness (QED) is 0.661. The van der Waals surface area contributed by atoms with Crippen molar-refractivity contribution in [2.45, 2.75) is 19.8 Å². The second kappa shape index (κ2) is 8.19. The number of methoxy groups -OCH3 is 2. The van der Waals surface area contributed by atoms with Crippen LogP contribution in [0, 0.1) is 0 Å². The Morgan fingerprint density at radius 3 is 2.16 bits per heavy atom. The van der Waals surface area contributed by atoms with Crippen LogP contribution >= 0.6 is 0 Å². The Morgan fingerprint density at radius 2 is 1.60 bits per heavy atom. The summed E-state index contributed by atoms with van der Waals surface area (Å²) in [6.45, 7) is 4.17. The van der Waals surface area contributed by atoms with E-state index in [4.69, 9.17) is 9.47 Å². The minimum atomic E-state index is -0.945. The molecule has 0 aliphatic carbocycles. The molecule has 0 saturated carbocycles. The zero-order chi connectivity index (χ0) is 18.4. The van der Waals surface area contributed by atoms with E-state index < -0.39 is 11.9 Å². The predicted molar refractivity (Wildman–Crippen MR) is 94.2 cm³/mol. The van der Waals surface area contributed by atoms with E-state index in [-0.39, 0.29) is 0 Å². The first-order valence-corrected chi connectivity index (χ1v) is 7.79. The molecule has 0 radical (unpaired) electrons. The smallest absolute Gasteiger partial charge is 0.396 e. The molecule has 0 fully saturated rings. The van der Waals surface area contributed by atoms with Gasteiger partial charge >= 0.3 is 11.9 Å². The molecule has 0 unspecified atom stereocenters. The first-order valence-electron chi connectivity index (χ1n) is 7.79. The second-order valence-electron chi connectivity index (χ2n) is 5.63. The summed E-state index contributed by atoms with van der Waals surface area (Å²) in [5, 5.41) is 2.44. The fraction of sp³-hybridized carbons (Fsp3) is 0.263. The monoisotopic (exact) mass is 343 g/mol. The zero-order valence-electron chi connectivity index (χ0n) is 14.7. The highest BCUT2D eigenvalue weighted by Crippen LogP contribution is 2.32. The van der Waals surface area contributed by atoms with Crippen LogP contribution in [0.2, 0.25) is 0 Å². The average Bonchev–Trinajstić information content (AvgIpc) is 2.62. The number of carbonyl (C=O) groups is 2. The standard InChI is InChI=1S/C19H21NO5/c1-12(2)16-11-15(9-10-17(16)23-3)25-14-7-5-13(6-8-14)20-18(21)19(22)24-4/h5-12H,1-4H3,(H,20,21). The summed E-state index contributed by atoms with van der Waals surface area (Å²) in [6.07, 6.45) is 0. The topological polar surface area (TPSA) is 73.9 Å². The molecule has 2 aromatic rings. The van der Waals surface area contributed by atoms with Crippen LogP contribution in [-0.4, -0.2) is 26.1 Å². The highest BCUT2D eigenvalue weighted by atomic mass is 16.5. The van der Waals surface area contributed by atoms with E-state index in [1.807, 2.05) is 18.2 Å². The van der Waals surface area contributed by atoms with E-state index in [1.165, 1.54) is 0 Å². The van der Waals surface area contributed by atoms with Gasteiger partial charge in [0.1, 0.15) is 17.2 Å². The second-order valence-corrected chi connectivity index (χ2v) is 5.63. The number of carbonyl (C=O) groups excluding carboxylic acids is 2. The Balaban J connectivity index is 2.10. The number of rotatable bonds is 5. The minimum absolute atomic E-state index is 0.300. The van der Waals surface area contributed by atoms with Crippen molar-refractivity contribution in [2.24, 2.45) is 0 Å². The van der Waals surface area contributed by atoms with Crippen LogP contribution in [0.4, 0.5) is 5.69 Å². The van der Waals surface area contributed by atoms with Crippen molar-refractivity contribution >= 4 is 17.6 Å². The number of anilines is 1. The summed E-state index contributed by atoms with van der Waals surface area (Å²) in [7, 11) is 2.79. The number of esters is 1. The molecule has 0 bridgehead atoms. The lowest BCUT2D eigenvalue weighted by atomic mass is 10.0. The summed E-state index contributed by atoms with van der Waals surface area (Å²) in [6, 6.07) is 12.3. The van der Waals surface area contributed by atoms with Gasteiger partial charge in [0.05, 0.1) is 14.2 Å². The van der Waals surface area contributed by atoms with Crippen LogP contribution in [0.1, 0.15) is 25.3 Å². The van der Waals surface area contributed by atoms with Crippen LogP contribution in [-0.2, 0) is 14.3 Å². The Kier molecular flexibility index (Phi) is 6.00. The third-order valence-electron chi connectivity index (χ3n) is 3.54. The highest BCUT2D eigenvalue weighted by Gasteiger charge is 2.13. The van der Waals surface area contributed by atoms with Gasteiger partial charge in [0.2, 0.25) is 0 Å². The lowest BCUT2D eigenvalue weighted by molar-refractivity contribution is -0.150. The van der Waals surface area contributed by atoms with E-state index in [9.17, 15) is 9.59 Å². The Bertz CT molecular complexity index is 753. The van der Waals surface area contributed by atoms with Gasteiger partial charge in [-0.1, -0.05) is 13.8 Å². The Hall–Kier alpha value is -3.02. The molecule has 6 heteroatoms. The number of ether oxygens (including phenoxy) is 3. The van der Waals surface area contributed by atoms with Gasteiger partial charge in [-0.2, -0.15) is 0 Å². The molecule has 0 heterocycles. The molecule has 0 spiro atoms. The van der Waals surface area contributed by atoms with Crippen LogP contribution in [0.25, 0.3) is 0 Å². The minimum Gasteiger partial charge on any atom is -0.496 e. The molecule has 1 amide bonds. The van der Waals surface area contributed by atoms with E-state index in [2.05, 4.69) is 23.9 Å². The zero-order valence-corrected chi connectivity index (χ0v) is 14.7. The summed E-state index contributed by atoms with van der Waals surface area (Å²) in [5.41, 5.74) is 1.53. The maximum absolute atomic E-state index is 11.5. The van der Waals surface area contributed by atoms with Crippen molar-refractivity contribution in [3.05, 3.63) is 48.0 Å². The van der Waals surface area contributed by atoms with Crippen molar-refractivity contribution in [1.29, 1.82) is 0 Å². The molecule has 1 N–H and O–H groups in total. The molecule has 0 aliphatic rings. The molecule has 0 aliphatic heterocycles. The van der Waals surface area contributed by atoms with E-state index >= 15 is 0 Å². The van der Waals surface area contributed by atoms with Crippen molar-refractivity contribution in [3.63, 3.8) is 0 Å². The van der Waals surface area contributed by atoms with Crippen LogP contribution in [0.3, 0.4) is 0 Å². The van der Waals surface area contributed by atoms with Gasteiger partial charge in [0.25, 0.3) is 0 Å². The van der Waals surface area contributed by atoms with Crippen LogP contribution < -0.4 is 14.8 Å². The van der Waals surface area contributed by atoms with E-state index in [0.29, 0.717) is 23.1 Å². The summed E-state index contributed by atoms with van der Waals surface area (Å²) < 4.78 is 15.5. The molecular formula is C19H21NO5. The highest BCUT2D eigenvalue weighted by molar-refractivity contribution is 6.37. The maximum atomic E-state index is 11.5. The summed E-state index contributed by atoms with van der Waals surface area (Å²) >= 11 is 0. The molecule has 25 heavy (non-hydrogen) atoms. The van der Waals surface area contributed by atoms with Crippen molar-refractivity contribution in [2.75, 3.05) is 19.5 Å². The van der Waals surface area contributed by atoms with Gasteiger partial charge in [-0.25, -0.2) is 4.79 Å². The molecule has 0 atom stereocenters. The van der Waals surface area contributed by atoms with Crippen molar-refractivity contribution in [3.8, 4) is 17.2 Å². The molecule has 0 aromatic heterocycles. The number of hydrogen-bond acceptors (Lipinski definition) is 5. The van der Waals surface area contributed by atoms with Crippen LogP contribution in [0.15, 0.2) is 42.5 Å². The van der Waals surface area contributed by atoms with Gasteiger partial charge in [-0.15, -0.1) is 0 Å². The largest absolute Gasteiger partial charge is 0.496 e. The molecule has 132 valence electrons. The third-order valence-corrected chi connectivity index (χ3v) is 3.54. The Morgan fingerprint density at radius 1 is 0.960 bits per heavy atom. The number of hydrogen-bond donors (Lipinski definition) is 1. The van der Waals surface area contributed by atoms with E-state index in [0.717, 1.165) is 18.4 Å². The molecule has 0 saturated heterocycles. The maximum Gasteiger partial charge on any atom is 0.396 e. The molecular weight excluding hydrogens is 322 g/mol. The lowest BCUT2D eigenvalue weighted by Gasteiger charge is -2.14. The van der Waals surface area contributed by atoms with Crippen molar-refractivity contribution in [1.82, 2.24) is 0 Å². The van der Waals surface area contributed by atoms with Gasteiger partial charge in [-0.05, 0) is 48.4 Å². The SMILES string of the molecule is COC(=O)C(=O)Nc1ccc(Oc2ccc(OC)c(C(C)C)c2)cc1. The van der Waals surface area contributed by atoms with Crippen LogP contribution in [0.5, 0.6) is 17.2 Å².